The van der Waals surface area contributed by atoms with Gasteiger partial charge in [0.15, 0.2) is 0 Å². The summed E-state index contributed by atoms with van der Waals surface area (Å²) in [7, 11) is 3.03. The molecule has 194 valence electrons. The quantitative estimate of drug-likeness (QED) is 0.437. The Balaban J connectivity index is 1.58. The van der Waals surface area contributed by atoms with Crippen molar-refractivity contribution in [3.8, 4) is 11.5 Å². The Bertz CT molecular complexity index is 1250. The zero-order valence-corrected chi connectivity index (χ0v) is 21.3. The lowest BCUT2D eigenvalue weighted by atomic mass is 9.97. The fourth-order valence-electron chi connectivity index (χ4n) is 4.39. The molecule has 0 spiro atoms. The number of rotatable bonds is 8. The van der Waals surface area contributed by atoms with Crippen LogP contribution in [0.3, 0.4) is 0 Å². The van der Waals surface area contributed by atoms with Gasteiger partial charge in [0.25, 0.3) is 11.8 Å². The van der Waals surface area contributed by atoms with E-state index in [1.807, 2.05) is 6.07 Å². The van der Waals surface area contributed by atoms with Gasteiger partial charge in [-0.3, -0.25) is 9.59 Å². The molecule has 0 bridgehead atoms. The Morgan fingerprint density at radius 2 is 1.65 bits per heavy atom. The van der Waals surface area contributed by atoms with Crippen molar-refractivity contribution in [3.63, 3.8) is 0 Å². The number of anilines is 2. The first-order chi connectivity index (χ1) is 17.9. The van der Waals surface area contributed by atoms with Gasteiger partial charge in [0.1, 0.15) is 17.3 Å². The number of benzene rings is 3. The smallest absolute Gasteiger partial charge is 0.259 e. The minimum Gasteiger partial charge on any atom is -0.497 e. The number of carbonyl (C=O) groups excluding carboxylic acids is 2. The summed E-state index contributed by atoms with van der Waals surface area (Å²) in [4.78, 5) is 28.6. The molecule has 0 aromatic heterocycles. The van der Waals surface area contributed by atoms with Crippen LogP contribution in [0.2, 0.25) is 0 Å². The van der Waals surface area contributed by atoms with Crippen LogP contribution in [-0.4, -0.2) is 39.1 Å². The van der Waals surface area contributed by atoms with Crippen LogP contribution in [-0.2, 0) is 6.54 Å². The third-order valence-corrected chi connectivity index (χ3v) is 6.64. The molecule has 0 radical (unpaired) electrons. The van der Waals surface area contributed by atoms with Gasteiger partial charge in [0.05, 0.1) is 25.3 Å². The zero-order chi connectivity index (χ0) is 26.4. The van der Waals surface area contributed by atoms with Crippen molar-refractivity contribution in [1.82, 2.24) is 5.32 Å². The summed E-state index contributed by atoms with van der Waals surface area (Å²) in [5, 5.41) is 5.81. The number of nitrogens with zero attached hydrogens (tertiary/aromatic N) is 1. The minimum absolute atomic E-state index is 0.259. The van der Waals surface area contributed by atoms with E-state index in [0.29, 0.717) is 34.2 Å². The predicted octanol–water partition coefficient (Wildman–Crippen LogP) is 5.26. The second-order valence-corrected chi connectivity index (χ2v) is 9.23. The zero-order valence-electron chi connectivity index (χ0n) is 21.3. The highest BCUT2D eigenvalue weighted by molar-refractivity contribution is 6.08. The van der Waals surface area contributed by atoms with Crippen LogP contribution in [0.1, 0.15) is 46.0 Å². The van der Waals surface area contributed by atoms with Gasteiger partial charge in [-0.15, -0.1) is 0 Å². The Morgan fingerprint density at radius 1 is 0.919 bits per heavy atom. The van der Waals surface area contributed by atoms with Crippen molar-refractivity contribution in [3.05, 3.63) is 83.2 Å². The van der Waals surface area contributed by atoms with E-state index in [1.54, 1.807) is 49.6 Å². The predicted molar refractivity (Wildman–Crippen MR) is 142 cm³/mol. The molecule has 4 rings (SSSR count). The average molecular weight is 506 g/mol. The lowest BCUT2D eigenvalue weighted by Gasteiger charge is -2.33. The lowest BCUT2D eigenvalue weighted by Crippen LogP contribution is -2.35. The molecule has 7 nitrogen and oxygen atoms in total. The first-order valence-electron chi connectivity index (χ1n) is 12.3. The molecule has 0 aliphatic carbocycles. The van der Waals surface area contributed by atoms with Gasteiger partial charge in [-0.25, -0.2) is 4.39 Å². The normalized spacial score (nSPS) is 13.7. The molecule has 2 amide bonds. The van der Waals surface area contributed by atoms with E-state index in [0.717, 1.165) is 37.2 Å². The summed E-state index contributed by atoms with van der Waals surface area (Å²) >= 11 is 0. The fourth-order valence-corrected chi connectivity index (χ4v) is 4.39. The first kappa shape index (κ1) is 26.0. The highest BCUT2D eigenvalue weighted by atomic mass is 19.1. The van der Waals surface area contributed by atoms with Crippen molar-refractivity contribution in [2.75, 3.05) is 37.5 Å². The maximum atomic E-state index is 13.3. The number of hydrogen-bond donors (Lipinski definition) is 2. The van der Waals surface area contributed by atoms with Gasteiger partial charge < -0.3 is 25.0 Å². The molecule has 8 heteroatoms. The topological polar surface area (TPSA) is 79.9 Å². The van der Waals surface area contributed by atoms with Crippen molar-refractivity contribution in [2.45, 2.75) is 26.3 Å². The standard InChI is InChI=1S/C29H32FN3O4/c1-19-12-14-33(15-13-19)26-11-8-22(32-29(35)24-10-9-23(36-2)17-27(24)37-3)16-25(26)28(34)31-18-20-4-6-21(30)7-5-20/h4-11,16-17,19H,12-15,18H2,1-3H3,(H,31,34)(H,32,35). The van der Waals surface area contributed by atoms with Gasteiger partial charge in [0, 0.05) is 37.1 Å². The number of piperidine rings is 1. The van der Waals surface area contributed by atoms with Gasteiger partial charge in [-0.05, 0) is 66.8 Å². The summed E-state index contributed by atoms with van der Waals surface area (Å²) < 4.78 is 23.8. The number of ether oxygens (including phenoxy) is 2. The Hall–Kier alpha value is -4.07. The van der Waals surface area contributed by atoms with Crippen LogP contribution in [0, 0.1) is 11.7 Å². The molecule has 3 aromatic carbocycles. The van der Waals surface area contributed by atoms with Crippen molar-refractivity contribution in [1.29, 1.82) is 0 Å². The van der Waals surface area contributed by atoms with Gasteiger partial charge in [-0.2, -0.15) is 0 Å². The van der Waals surface area contributed by atoms with E-state index in [4.69, 9.17) is 9.47 Å². The maximum Gasteiger partial charge on any atom is 0.259 e. The van der Waals surface area contributed by atoms with Gasteiger partial charge in [-0.1, -0.05) is 19.1 Å². The molecule has 1 saturated heterocycles. The highest BCUT2D eigenvalue weighted by Gasteiger charge is 2.22. The van der Waals surface area contributed by atoms with Gasteiger partial charge in [0.2, 0.25) is 0 Å². The molecular formula is C29H32FN3O4. The monoisotopic (exact) mass is 505 g/mol. The number of nitrogens with one attached hydrogen (secondary N) is 2. The second-order valence-electron chi connectivity index (χ2n) is 9.23. The molecule has 1 aliphatic rings. The van der Waals surface area contributed by atoms with Crippen molar-refractivity contribution < 1.29 is 23.5 Å². The molecule has 2 N–H and O–H groups in total. The Morgan fingerprint density at radius 3 is 2.32 bits per heavy atom. The van der Waals surface area contributed by atoms with E-state index in [1.165, 1.54) is 19.2 Å². The molecule has 37 heavy (non-hydrogen) atoms. The number of methoxy groups -OCH3 is 2. The molecule has 0 unspecified atom stereocenters. The highest BCUT2D eigenvalue weighted by Crippen LogP contribution is 2.30. The van der Waals surface area contributed by atoms with Crippen LogP contribution in [0.4, 0.5) is 15.8 Å². The molecular weight excluding hydrogens is 473 g/mol. The van der Waals surface area contributed by atoms with Crippen molar-refractivity contribution in [2.24, 2.45) is 5.92 Å². The Kier molecular flexibility index (Phi) is 8.28. The summed E-state index contributed by atoms with van der Waals surface area (Å²) in [6.45, 7) is 4.21. The van der Waals surface area contributed by atoms with E-state index < -0.39 is 0 Å². The number of amides is 2. The largest absolute Gasteiger partial charge is 0.497 e. The molecule has 1 heterocycles. The van der Waals surface area contributed by atoms with E-state index >= 15 is 0 Å². The van der Waals surface area contributed by atoms with Crippen LogP contribution in [0.25, 0.3) is 0 Å². The molecule has 0 atom stereocenters. The summed E-state index contributed by atoms with van der Waals surface area (Å²) in [6.07, 6.45) is 2.10. The molecule has 3 aromatic rings. The SMILES string of the molecule is COc1ccc(C(=O)Nc2ccc(N3CCC(C)CC3)c(C(=O)NCc3ccc(F)cc3)c2)c(OC)c1. The second kappa shape index (κ2) is 11.8. The van der Waals surface area contributed by atoms with Gasteiger partial charge >= 0.3 is 0 Å². The van der Waals surface area contributed by atoms with Crippen LogP contribution in [0.15, 0.2) is 60.7 Å². The van der Waals surface area contributed by atoms with Crippen LogP contribution < -0.4 is 25.0 Å². The molecule has 0 saturated carbocycles. The fraction of sp³-hybridized carbons (Fsp3) is 0.310. The van der Waals surface area contributed by atoms with Crippen molar-refractivity contribution >= 4 is 23.2 Å². The van der Waals surface area contributed by atoms with E-state index in [-0.39, 0.29) is 24.2 Å². The summed E-state index contributed by atoms with van der Waals surface area (Å²) in [6, 6.07) is 16.4. The number of halogens is 1. The molecule has 1 fully saturated rings. The summed E-state index contributed by atoms with van der Waals surface area (Å²) in [5.74, 6) is 0.647. The van der Waals surface area contributed by atoms with Crippen LogP contribution in [0.5, 0.6) is 11.5 Å². The van der Waals surface area contributed by atoms with E-state index in [2.05, 4.69) is 22.5 Å². The molecule has 1 aliphatic heterocycles. The summed E-state index contributed by atoms with van der Waals surface area (Å²) in [5.41, 5.74) is 2.92. The number of hydrogen-bond acceptors (Lipinski definition) is 5. The maximum absolute atomic E-state index is 13.3. The minimum atomic E-state index is -0.364. The average Bonchev–Trinajstić information content (AvgIpc) is 2.92. The third-order valence-electron chi connectivity index (χ3n) is 6.64. The van der Waals surface area contributed by atoms with Crippen LogP contribution >= 0.6 is 0 Å². The number of carbonyl (C=O) groups is 2. The lowest BCUT2D eigenvalue weighted by molar-refractivity contribution is 0.0949. The van der Waals surface area contributed by atoms with E-state index in [9.17, 15) is 14.0 Å². The third kappa shape index (κ3) is 6.39. The Labute approximate surface area is 216 Å². The first-order valence-corrected chi connectivity index (χ1v) is 12.3.